The molecule has 3 heteroatoms. The standard InChI is InChI=1S/C12H24N2O/c1-11(15)13-9-10-14(2)12-7-5-3-4-6-8-12/h12H,3-10H2,1-2H3,(H,13,15). The van der Waals surface area contributed by atoms with Crippen molar-refractivity contribution in [3.63, 3.8) is 0 Å². The van der Waals surface area contributed by atoms with E-state index >= 15 is 0 Å². The van der Waals surface area contributed by atoms with E-state index in [0.717, 1.165) is 19.1 Å². The first-order valence-electron chi connectivity index (χ1n) is 6.15. The largest absolute Gasteiger partial charge is 0.355 e. The predicted octanol–water partition coefficient (Wildman–Crippen LogP) is 1.78. The van der Waals surface area contributed by atoms with E-state index in [1.165, 1.54) is 38.5 Å². The third-order valence-electron chi connectivity index (χ3n) is 3.29. The van der Waals surface area contributed by atoms with Gasteiger partial charge >= 0.3 is 0 Å². The molecule has 0 aromatic carbocycles. The molecule has 1 saturated carbocycles. The molecule has 0 bridgehead atoms. The lowest BCUT2D eigenvalue weighted by atomic mass is 10.1. The number of amides is 1. The molecule has 0 spiro atoms. The van der Waals surface area contributed by atoms with E-state index in [-0.39, 0.29) is 5.91 Å². The van der Waals surface area contributed by atoms with Gasteiger partial charge in [-0.05, 0) is 19.9 Å². The van der Waals surface area contributed by atoms with Crippen LogP contribution in [0, 0.1) is 0 Å². The van der Waals surface area contributed by atoms with Gasteiger partial charge < -0.3 is 10.2 Å². The van der Waals surface area contributed by atoms with Crippen molar-refractivity contribution in [1.82, 2.24) is 10.2 Å². The van der Waals surface area contributed by atoms with Crippen LogP contribution in [0.25, 0.3) is 0 Å². The van der Waals surface area contributed by atoms with Crippen molar-refractivity contribution in [3.05, 3.63) is 0 Å². The van der Waals surface area contributed by atoms with Crippen LogP contribution < -0.4 is 5.32 Å². The lowest BCUT2D eigenvalue weighted by molar-refractivity contribution is -0.119. The summed E-state index contributed by atoms with van der Waals surface area (Å²) in [5.74, 6) is 0.0734. The first kappa shape index (κ1) is 12.5. The molecule has 1 N–H and O–H groups in total. The topological polar surface area (TPSA) is 32.3 Å². The number of hydrogen-bond acceptors (Lipinski definition) is 2. The number of nitrogens with zero attached hydrogens (tertiary/aromatic N) is 1. The van der Waals surface area contributed by atoms with Crippen molar-refractivity contribution in [3.8, 4) is 0 Å². The zero-order valence-corrected chi connectivity index (χ0v) is 10.1. The van der Waals surface area contributed by atoms with Gasteiger partial charge in [0.1, 0.15) is 0 Å². The summed E-state index contributed by atoms with van der Waals surface area (Å²) < 4.78 is 0. The summed E-state index contributed by atoms with van der Waals surface area (Å²) in [6.07, 6.45) is 8.20. The van der Waals surface area contributed by atoms with Gasteiger partial charge in [-0.25, -0.2) is 0 Å². The SMILES string of the molecule is CC(=O)NCCN(C)C1CCCCCC1. The molecule has 88 valence electrons. The molecule has 0 aliphatic heterocycles. The maximum Gasteiger partial charge on any atom is 0.216 e. The van der Waals surface area contributed by atoms with Crippen LogP contribution in [0.3, 0.4) is 0 Å². The van der Waals surface area contributed by atoms with Crippen molar-refractivity contribution in [2.45, 2.75) is 51.5 Å². The molecule has 0 radical (unpaired) electrons. The van der Waals surface area contributed by atoms with Crippen molar-refractivity contribution in [2.24, 2.45) is 0 Å². The van der Waals surface area contributed by atoms with Crippen LogP contribution in [-0.2, 0) is 4.79 Å². The first-order valence-corrected chi connectivity index (χ1v) is 6.15. The summed E-state index contributed by atoms with van der Waals surface area (Å²) in [5.41, 5.74) is 0. The fourth-order valence-corrected chi connectivity index (χ4v) is 2.29. The zero-order chi connectivity index (χ0) is 11.1. The average molecular weight is 212 g/mol. The van der Waals surface area contributed by atoms with E-state index in [1.807, 2.05) is 0 Å². The van der Waals surface area contributed by atoms with Crippen LogP contribution in [0.1, 0.15) is 45.4 Å². The highest BCUT2D eigenvalue weighted by Gasteiger charge is 2.16. The maximum atomic E-state index is 10.7. The Bertz CT molecular complexity index is 186. The molecule has 1 aliphatic carbocycles. The summed E-state index contributed by atoms with van der Waals surface area (Å²) in [5, 5.41) is 2.85. The first-order chi connectivity index (χ1) is 7.20. The molecule has 1 aliphatic rings. The van der Waals surface area contributed by atoms with Crippen LogP contribution in [-0.4, -0.2) is 37.0 Å². The Morgan fingerprint density at radius 2 is 1.87 bits per heavy atom. The number of likely N-dealkylation sites (N-methyl/N-ethyl adjacent to an activating group) is 1. The smallest absolute Gasteiger partial charge is 0.216 e. The van der Waals surface area contributed by atoms with Gasteiger partial charge in [-0.1, -0.05) is 25.7 Å². The summed E-state index contributed by atoms with van der Waals surface area (Å²) in [6, 6.07) is 0.737. The molecule has 15 heavy (non-hydrogen) atoms. The monoisotopic (exact) mass is 212 g/mol. The molecule has 0 heterocycles. The highest BCUT2D eigenvalue weighted by molar-refractivity contribution is 5.72. The van der Waals surface area contributed by atoms with Crippen LogP contribution in [0.5, 0.6) is 0 Å². The Labute approximate surface area is 93.2 Å². The van der Waals surface area contributed by atoms with Gasteiger partial charge in [0, 0.05) is 26.1 Å². The lowest BCUT2D eigenvalue weighted by Gasteiger charge is -2.26. The summed E-state index contributed by atoms with van der Waals surface area (Å²) in [7, 11) is 2.18. The maximum absolute atomic E-state index is 10.7. The van der Waals surface area contributed by atoms with Crippen LogP contribution in [0.2, 0.25) is 0 Å². The molecule has 0 aromatic rings. The minimum atomic E-state index is 0.0734. The van der Waals surface area contributed by atoms with Crippen molar-refractivity contribution >= 4 is 5.91 Å². The van der Waals surface area contributed by atoms with Crippen molar-refractivity contribution in [2.75, 3.05) is 20.1 Å². The van der Waals surface area contributed by atoms with E-state index < -0.39 is 0 Å². The lowest BCUT2D eigenvalue weighted by Crippen LogP contribution is -2.37. The fourth-order valence-electron chi connectivity index (χ4n) is 2.29. The van der Waals surface area contributed by atoms with E-state index in [2.05, 4.69) is 17.3 Å². The average Bonchev–Trinajstić information content (AvgIpc) is 2.44. The molecular weight excluding hydrogens is 188 g/mol. The van der Waals surface area contributed by atoms with E-state index in [0.29, 0.717) is 0 Å². The van der Waals surface area contributed by atoms with Crippen LogP contribution in [0.4, 0.5) is 0 Å². The second kappa shape index (κ2) is 6.83. The van der Waals surface area contributed by atoms with Crippen molar-refractivity contribution in [1.29, 1.82) is 0 Å². The van der Waals surface area contributed by atoms with Crippen LogP contribution in [0.15, 0.2) is 0 Å². The number of rotatable bonds is 4. The summed E-state index contributed by atoms with van der Waals surface area (Å²) in [4.78, 5) is 13.1. The quantitative estimate of drug-likeness (QED) is 0.720. The predicted molar refractivity (Wildman–Crippen MR) is 62.8 cm³/mol. The summed E-state index contributed by atoms with van der Waals surface area (Å²) in [6.45, 7) is 3.33. The Morgan fingerprint density at radius 1 is 1.27 bits per heavy atom. The highest BCUT2D eigenvalue weighted by atomic mass is 16.1. The number of carbonyl (C=O) groups is 1. The minimum absolute atomic E-state index is 0.0734. The van der Waals surface area contributed by atoms with Gasteiger partial charge in [-0.2, -0.15) is 0 Å². The van der Waals surface area contributed by atoms with E-state index in [1.54, 1.807) is 6.92 Å². The second-order valence-corrected chi connectivity index (χ2v) is 4.61. The third kappa shape index (κ3) is 5.17. The molecule has 0 atom stereocenters. The summed E-state index contributed by atoms with van der Waals surface area (Å²) >= 11 is 0. The third-order valence-corrected chi connectivity index (χ3v) is 3.29. The van der Waals surface area contributed by atoms with E-state index in [4.69, 9.17) is 0 Å². The van der Waals surface area contributed by atoms with Crippen LogP contribution >= 0.6 is 0 Å². The van der Waals surface area contributed by atoms with Gasteiger partial charge in [0.15, 0.2) is 0 Å². The minimum Gasteiger partial charge on any atom is -0.355 e. The zero-order valence-electron chi connectivity index (χ0n) is 10.1. The molecular formula is C12H24N2O. The Hall–Kier alpha value is -0.570. The van der Waals surface area contributed by atoms with Gasteiger partial charge in [0.25, 0.3) is 0 Å². The fraction of sp³-hybridized carbons (Fsp3) is 0.917. The number of carbonyl (C=O) groups excluding carboxylic acids is 1. The molecule has 1 amide bonds. The number of hydrogen-bond donors (Lipinski definition) is 1. The van der Waals surface area contributed by atoms with Crippen molar-refractivity contribution < 1.29 is 4.79 Å². The Kier molecular flexibility index (Phi) is 5.69. The molecule has 3 nitrogen and oxygen atoms in total. The van der Waals surface area contributed by atoms with Gasteiger partial charge in [0.05, 0.1) is 0 Å². The molecule has 1 fully saturated rings. The molecule has 0 saturated heterocycles. The van der Waals surface area contributed by atoms with Gasteiger partial charge in [-0.3, -0.25) is 4.79 Å². The molecule has 0 unspecified atom stereocenters. The molecule has 0 aromatic heterocycles. The molecule has 1 rings (SSSR count). The Morgan fingerprint density at radius 3 is 2.40 bits per heavy atom. The number of nitrogens with one attached hydrogen (secondary N) is 1. The normalized spacial score (nSPS) is 18.9. The van der Waals surface area contributed by atoms with Gasteiger partial charge in [0.2, 0.25) is 5.91 Å². The second-order valence-electron chi connectivity index (χ2n) is 4.61. The Balaban J connectivity index is 2.19. The highest BCUT2D eigenvalue weighted by Crippen LogP contribution is 2.20. The van der Waals surface area contributed by atoms with E-state index in [9.17, 15) is 4.79 Å². The van der Waals surface area contributed by atoms with Gasteiger partial charge in [-0.15, -0.1) is 0 Å².